The lowest BCUT2D eigenvalue weighted by Crippen LogP contribution is -2.45. The summed E-state index contributed by atoms with van der Waals surface area (Å²) in [5.74, 6) is 0.291. The fourth-order valence-corrected chi connectivity index (χ4v) is 3.94. The molecule has 1 fully saturated rings. The highest BCUT2D eigenvalue weighted by Crippen LogP contribution is 2.26. The molecule has 0 radical (unpaired) electrons. The average molecular weight is 285 g/mol. The second-order valence-corrected chi connectivity index (χ2v) is 6.70. The van der Waals surface area contributed by atoms with Gasteiger partial charge in [0.2, 0.25) is 10.0 Å². The fraction of sp³-hybridized carbons (Fsp3) is 0.583. The summed E-state index contributed by atoms with van der Waals surface area (Å²) in [4.78, 5) is 4.21. The zero-order chi connectivity index (χ0) is 14.0. The monoisotopic (exact) mass is 285 g/mol. The Balaban J connectivity index is 2.32. The van der Waals surface area contributed by atoms with Gasteiger partial charge >= 0.3 is 0 Å². The predicted octanol–water partition coefficient (Wildman–Crippen LogP) is 0.515. The van der Waals surface area contributed by atoms with Crippen LogP contribution in [0.25, 0.3) is 0 Å². The van der Waals surface area contributed by atoms with Gasteiger partial charge in [-0.3, -0.25) is 0 Å². The van der Waals surface area contributed by atoms with E-state index in [4.69, 9.17) is 0 Å². The number of aliphatic hydroxyl groups excluding tert-OH is 1. The fourth-order valence-electron chi connectivity index (χ4n) is 2.24. The van der Waals surface area contributed by atoms with Gasteiger partial charge in [0.15, 0.2) is 0 Å². The van der Waals surface area contributed by atoms with E-state index in [1.807, 2.05) is 6.92 Å². The summed E-state index contributed by atoms with van der Waals surface area (Å²) in [6.07, 6.45) is 1.59. The molecule has 2 atom stereocenters. The number of aromatic nitrogens is 1. The Morgan fingerprint density at radius 1 is 1.53 bits per heavy atom. The second-order valence-electron chi connectivity index (χ2n) is 4.80. The number of anilines is 1. The molecule has 0 saturated carbocycles. The molecule has 106 valence electrons. The lowest BCUT2D eigenvalue weighted by molar-refractivity contribution is 0.0629. The minimum Gasteiger partial charge on any atom is -0.393 e. The number of aliphatic hydroxyl groups is 1. The van der Waals surface area contributed by atoms with Crippen molar-refractivity contribution >= 4 is 15.8 Å². The van der Waals surface area contributed by atoms with Gasteiger partial charge in [0.1, 0.15) is 10.7 Å². The van der Waals surface area contributed by atoms with Gasteiger partial charge in [-0.15, -0.1) is 0 Å². The van der Waals surface area contributed by atoms with Crippen LogP contribution in [-0.2, 0) is 10.0 Å². The number of nitrogens with one attached hydrogen (secondary N) is 1. The number of piperidine rings is 1. The van der Waals surface area contributed by atoms with E-state index in [2.05, 4.69) is 10.3 Å². The van der Waals surface area contributed by atoms with Crippen LogP contribution >= 0.6 is 0 Å². The van der Waals surface area contributed by atoms with Gasteiger partial charge < -0.3 is 10.4 Å². The van der Waals surface area contributed by atoms with Crippen LogP contribution in [0.1, 0.15) is 13.3 Å². The van der Waals surface area contributed by atoms with Crippen LogP contribution in [0.2, 0.25) is 0 Å². The van der Waals surface area contributed by atoms with Crippen LogP contribution in [-0.4, -0.2) is 49.1 Å². The van der Waals surface area contributed by atoms with Gasteiger partial charge in [-0.1, -0.05) is 6.92 Å². The molecular weight excluding hydrogens is 266 g/mol. The quantitative estimate of drug-likeness (QED) is 0.846. The maximum atomic E-state index is 12.6. The van der Waals surface area contributed by atoms with Gasteiger partial charge in [0, 0.05) is 26.3 Å². The van der Waals surface area contributed by atoms with Crippen LogP contribution in [0.3, 0.4) is 0 Å². The Kier molecular flexibility index (Phi) is 4.07. The summed E-state index contributed by atoms with van der Waals surface area (Å²) >= 11 is 0. The number of nitrogens with zero attached hydrogens (tertiary/aromatic N) is 2. The first-order chi connectivity index (χ1) is 8.96. The van der Waals surface area contributed by atoms with E-state index in [0.717, 1.165) is 0 Å². The summed E-state index contributed by atoms with van der Waals surface area (Å²) in [7, 11) is -1.92. The molecule has 1 aromatic rings. The Bertz CT molecular complexity index is 547. The smallest absolute Gasteiger partial charge is 0.246 e. The minimum atomic E-state index is -3.56. The summed E-state index contributed by atoms with van der Waals surface area (Å²) in [6, 6.07) is 3.15. The minimum absolute atomic E-state index is 0.0572. The standard InChI is InChI=1S/C12H19N3O3S/c1-9-8-15(7-5-10(9)16)19(17,18)11-4-3-6-14-12(11)13-2/h3-4,6,9-10,16H,5,7-8H2,1-2H3,(H,13,14). The zero-order valence-corrected chi connectivity index (χ0v) is 11.9. The van der Waals surface area contributed by atoms with Crippen LogP contribution in [0.5, 0.6) is 0 Å². The second kappa shape index (κ2) is 5.44. The third-order valence-corrected chi connectivity index (χ3v) is 5.34. The van der Waals surface area contributed by atoms with Crippen molar-refractivity contribution < 1.29 is 13.5 Å². The van der Waals surface area contributed by atoms with Crippen molar-refractivity contribution in [1.82, 2.24) is 9.29 Å². The number of hydrogen-bond donors (Lipinski definition) is 2. The number of sulfonamides is 1. The van der Waals surface area contributed by atoms with E-state index in [9.17, 15) is 13.5 Å². The summed E-state index contributed by atoms with van der Waals surface area (Å²) in [5.41, 5.74) is 0. The lowest BCUT2D eigenvalue weighted by Gasteiger charge is -2.33. The third-order valence-electron chi connectivity index (χ3n) is 3.45. The van der Waals surface area contributed by atoms with E-state index in [-0.39, 0.29) is 10.8 Å². The van der Waals surface area contributed by atoms with E-state index < -0.39 is 16.1 Å². The number of pyridine rings is 1. The maximum absolute atomic E-state index is 12.6. The molecule has 0 spiro atoms. The zero-order valence-electron chi connectivity index (χ0n) is 11.1. The van der Waals surface area contributed by atoms with Crippen molar-refractivity contribution in [2.45, 2.75) is 24.3 Å². The van der Waals surface area contributed by atoms with Crippen molar-refractivity contribution in [3.05, 3.63) is 18.3 Å². The first kappa shape index (κ1) is 14.2. The number of hydrogen-bond acceptors (Lipinski definition) is 5. The molecule has 2 rings (SSSR count). The molecular formula is C12H19N3O3S. The Morgan fingerprint density at radius 3 is 2.89 bits per heavy atom. The average Bonchev–Trinajstić information content (AvgIpc) is 2.41. The normalized spacial score (nSPS) is 25.2. The van der Waals surface area contributed by atoms with Crippen LogP contribution in [0.15, 0.2) is 23.2 Å². The summed E-state index contributed by atoms with van der Waals surface area (Å²) in [5, 5.41) is 12.5. The van der Waals surface area contributed by atoms with E-state index >= 15 is 0 Å². The SMILES string of the molecule is CNc1ncccc1S(=O)(=O)N1CCC(O)C(C)C1. The first-order valence-corrected chi connectivity index (χ1v) is 7.72. The Morgan fingerprint density at radius 2 is 2.26 bits per heavy atom. The van der Waals surface area contributed by atoms with Gasteiger partial charge in [-0.2, -0.15) is 4.31 Å². The third kappa shape index (κ3) is 2.72. The Labute approximate surface area is 113 Å². The molecule has 19 heavy (non-hydrogen) atoms. The van der Waals surface area contributed by atoms with Crippen molar-refractivity contribution in [2.75, 3.05) is 25.5 Å². The van der Waals surface area contributed by atoms with E-state index in [1.54, 1.807) is 25.4 Å². The predicted molar refractivity (Wildman–Crippen MR) is 72.3 cm³/mol. The molecule has 7 heteroatoms. The van der Waals surface area contributed by atoms with Gasteiger partial charge in [0.05, 0.1) is 6.10 Å². The highest BCUT2D eigenvalue weighted by molar-refractivity contribution is 7.89. The van der Waals surface area contributed by atoms with E-state index in [0.29, 0.717) is 25.3 Å². The molecule has 1 saturated heterocycles. The van der Waals surface area contributed by atoms with Gasteiger partial charge in [0.25, 0.3) is 0 Å². The van der Waals surface area contributed by atoms with E-state index in [1.165, 1.54) is 4.31 Å². The molecule has 0 aliphatic carbocycles. The summed E-state index contributed by atoms with van der Waals surface area (Å²) < 4.78 is 26.6. The molecule has 1 aliphatic rings. The topological polar surface area (TPSA) is 82.5 Å². The largest absolute Gasteiger partial charge is 0.393 e. The molecule has 1 aliphatic heterocycles. The van der Waals surface area contributed by atoms with Crippen LogP contribution < -0.4 is 5.32 Å². The first-order valence-electron chi connectivity index (χ1n) is 6.28. The Hall–Kier alpha value is -1.18. The highest BCUT2D eigenvalue weighted by atomic mass is 32.2. The maximum Gasteiger partial charge on any atom is 0.246 e. The molecule has 0 amide bonds. The van der Waals surface area contributed by atoms with Crippen molar-refractivity contribution in [3.63, 3.8) is 0 Å². The van der Waals surface area contributed by atoms with Crippen molar-refractivity contribution in [3.8, 4) is 0 Å². The molecule has 1 aromatic heterocycles. The molecule has 2 N–H and O–H groups in total. The van der Waals surface area contributed by atoms with Gasteiger partial charge in [-0.25, -0.2) is 13.4 Å². The van der Waals surface area contributed by atoms with Crippen molar-refractivity contribution in [1.29, 1.82) is 0 Å². The molecule has 0 bridgehead atoms. The number of rotatable bonds is 3. The molecule has 2 heterocycles. The lowest BCUT2D eigenvalue weighted by atomic mass is 9.99. The van der Waals surface area contributed by atoms with Gasteiger partial charge in [-0.05, 0) is 24.5 Å². The molecule has 6 nitrogen and oxygen atoms in total. The van der Waals surface area contributed by atoms with Crippen LogP contribution in [0, 0.1) is 5.92 Å². The molecule has 0 aromatic carbocycles. The molecule has 2 unspecified atom stereocenters. The van der Waals surface area contributed by atoms with Crippen LogP contribution in [0.4, 0.5) is 5.82 Å². The highest BCUT2D eigenvalue weighted by Gasteiger charge is 2.33. The van der Waals surface area contributed by atoms with Crippen molar-refractivity contribution in [2.24, 2.45) is 5.92 Å². The summed E-state index contributed by atoms with van der Waals surface area (Å²) in [6.45, 7) is 2.53.